The van der Waals surface area contributed by atoms with Gasteiger partial charge < -0.3 is 0 Å². The van der Waals surface area contributed by atoms with Crippen LogP contribution in [0.2, 0.25) is 5.15 Å². The van der Waals surface area contributed by atoms with Crippen molar-refractivity contribution in [3.63, 3.8) is 0 Å². The summed E-state index contributed by atoms with van der Waals surface area (Å²) in [7, 11) is 2.76. The van der Waals surface area contributed by atoms with E-state index in [1.807, 2.05) is 18.2 Å². The van der Waals surface area contributed by atoms with Crippen LogP contribution < -0.4 is 4.67 Å². The van der Waals surface area contributed by atoms with E-state index in [-0.39, 0.29) is 0 Å². The van der Waals surface area contributed by atoms with Crippen molar-refractivity contribution in [3.05, 3.63) is 28.0 Å². The number of rotatable bonds is 1. The van der Waals surface area contributed by atoms with Crippen molar-refractivity contribution in [3.8, 4) is 0 Å². The van der Waals surface area contributed by atoms with Gasteiger partial charge >= 0.3 is 0 Å². The number of H-pyrrole nitrogens is 1. The van der Waals surface area contributed by atoms with Gasteiger partial charge in [0.15, 0.2) is 9.82 Å². The molecule has 0 fully saturated rings. The van der Waals surface area contributed by atoms with Crippen LogP contribution in [0.1, 0.15) is 0 Å². The highest BCUT2D eigenvalue weighted by atomic mass is 35.5. The van der Waals surface area contributed by atoms with Crippen molar-refractivity contribution in [2.24, 2.45) is 4.99 Å². The summed E-state index contributed by atoms with van der Waals surface area (Å²) < 4.78 is 4.68. The number of aromatic amines is 1. The first-order valence-corrected chi connectivity index (χ1v) is 6.78. The third kappa shape index (κ3) is 1.73. The molecule has 8 heteroatoms. The Morgan fingerprint density at radius 2 is 2.12 bits per heavy atom. The molecular weight excluding hydrogens is 266 g/mol. The first kappa shape index (κ1) is 9.88. The molecule has 3 rings (SSSR count). The van der Waals surface area contributed by atoms with Gasteiger partial charge in [0.05, 0.1) is 5.69 Å². The van der Waals surface area contributed by atoms with E-state index in [2.05, 4.69) is 24.8 Å². The third-order valence-electron chi connectivity index (χ3n) is 1.94. The van der Waals surface area contributed by atoms with Crippen molar-refractivity contribution in [2.45, 2.75) is 0 Å². The lowest BCUT2D eigenvalue weighted by Gasteiger charge is -1.90. The highest BCUT2D eigenvalue weighted by molar-refractivity contribution is 7.66. The Morgan fingerprint density at radius 1 is 1.25 bits per heavy atom. The van der Waals surface area contributed by atoms with E-state index < -0.39 is 0 Å². The highest BCUT2D eigenvalue weighted by Crippen LogP contribution is 2.18. The number of benzene rings is 1. The molecule has 0 amide bonds. The van der Waals surface area contributed by atoms with Gasteiger partial charge in [-0.2, -0.15) is 19.8 Å². The van der Waals surface area contributed by atoms with Crippen LogP contribution in [0.25, 0.3) is 11.0 Å². The summed E-state index contributed by atoms with van der Waals surface area (Å²) in [5.74, 6) is 0. The second-order valence-electron chi connectivity index (χ2n) is 2.95. The zero-order valence-electron chi connectivity index (χ0n) is 7.72. The molecule has 0 aliphatic heterocycles. The molecule has 0 aliphatic carbocycles. The Labute approximate surface area is 102 Å². The Hall–Kier alpha value is -1.31. The van der Waals surface area contributed by atoms with E-state index in [9.17, 15) is 0 Å². The molecule has 0 atom stereocenters. The van der Waals surface area contributed by atoms with Crippen LogP contribution in [0.15, 0.2) is 23.2 Å². The van der Waals surface area contributed by atoms with Gasteiger partial charge in [0.1, 0.15) is 11.0 Å². The van der Waals surface area contributed by atoms with Crippen LogP contribution in [0.3, 0.4) is 0 Å². The minimum atomic E-state index is 0.440. The zero-order valence-corrected chi connectivity index (χ0v) is 10.1. The third-order valence-corrected chi connectivity index (χ3v) is 4.11. The maximum absolute atomic E-state index is 5.87. The van der Waals surface area contributed by atoms with Crippen LogP contribution >= 0.6 is 32.5 Å². The van der Waals surface area contributed by atoms with Crippen LogP contribution in [0, 0.1) is 0 Å². The zero-order chi connectivity index (χ0) is 11.0. The van der Waals surface area contributed by atoms with Crippen LogP contribution in [0.5, 0.6) is 0 Å². The number of hydrogen-bond acceptors (Lipinski definition) is 6. The van der Waals surface area contributed by atoms with Gasteiger partial charge in [0.25, 0.3) is 0 Å². The predicted molar refractivity (Wildman–Crippen MR) is 64.1 cm³/mol. The molecule has 1 N–H and O–H groups in total. The maximum atomic E-state index is 5.87. The Bertz CT molecular complexity index is 697. The summed E-state index contributed by atoms with van der Waals surface area (Å²) in [6, 6.07) is 5.57. The summed E-state index contributed by atoms with van der Waals surface area (Å²) in [5, 5.41) is 11.0. The number of halogens is 1. The van der Waals surface area contributed by atoms with E-state index in [1.165, 1.54) is 20.9 Å². The lowest BCUT2D eigenvalue weighted by molar-refractivity contribution is 0.959. The van der Waals surface area contributed by atoms with E-state index in [0.29, 0.717) is 5.15 Å². The summed E-state index contributed by atoms with van der Waals surface area (Å²) in [6.07, 6.45) is 0. The molecule has 2 aromatic heterocycles. The fourth-order valence-electron chi connectivity index (χ4n) is 1.24. The highest BCUT2D eigenvalue weighted by Gasteiger charge is 2.00. The van der Waals surface area contributed by atoms with E-state index in [0.717, 1.165) is 21.4 Å². The minimum absolute atomic E-state index is 0.440. The van der Waals surface area contributed by atoms with Gasteiger partial charge in [-0.15, -0.1) is 0 Å². The molecule has 5 nitrogen and oxygen atoms in total. The van der Waals surface area contributed by atoms with Gasteiger partial charge in [-0.1, -0.05) is 11.6 Å². The molecule has 0 spiro atoms. The van der Waals surface area contributed by atoms with Gasteiger partial charge in [0.2, 0.25) is 0 Å². The Kier molecular flexibility index (Phi) is 2.43. The van der Waals surface area contributed by atoms with Crippen LogP contribution in [0.4, 0.5) is 5.69 Å². The lowest BCUT2D eigenvalue weighted by atomic mass is 10.3. The van der Waals surface area contributed by atoms with Crippen molar-refractivity contribution in [1.82, 2.24) is 19.8 Å². The largest absolute Gasteiger partial charge is 0.234 e. The first-order valence-electron chi connectivity index (χ1n) is 4.30. The predicted octanol–water partition coefficient (Wildman–Crippen LogP) is 2.36. The minimum Gasteiger partial charge on any atom is -0.234 e. The normalized spacial score (nSPS) is 12.4. The average molecular weight is 270 g/mol. The SMILES string of the molecule is Clc1nssc1=Nc1ccc2n[nH]nc2c1. The fraction of sp³-hybridized carbons (Fsp3) is 0. The number of fused-ring (bicyclic) bond motifs is 1. The lowest BCUT2D eigenvalue weighted by Crippen LogP contribution is -1.92. The smallest absolute Gasteiger partial charge is 0.179 e. The van der Waals surface area contributed by atoms with Crippen molar-refractivity contribution >= 4 is 49.2 Å². The molecule has 16 heavy (non-hydrogen) atoms. The molecule has 0 radical (unpaired) electrons. The monoisotopic (exact) mass is 269 g/mol. The van der Waals surface area contributed by atoms with Gasteiger partial charge in [-0.25, -0.2) is 4.99 Å². The van der Waals surface area contributed by atoms with Gasteiger partial charge in [0, 0.05) is 10.5 Å². The first-order chi connectivity index (χ1) is 7.83. The molecule has 80 valence electrons. The Morgan fingerprint density at radius 3 is 2.94 bits per heavy atom. The Balaban J connectivity index is 2.17. The molecule has 0 bridgehead atoms. The molecule has 1 aromatic carbocycles. The van der Waals surface area contributed by atoms with E-state index in [1.54, 1.807) is 0 Å². The quantitative estimate of drug-likeness (QED) is 0.690. The fourth-order valence-corrected chi connectivity index (χ4v) is 3.23. The summed E-state index contributed by atoms with van der Waals surface area (Å²) in [4.78, 5) is 4.38. The van der Waals surface area contributed by atoms with Crippen molar-refractivity contribution in [1.29, 1.82) is 0 Å². The molecule has 0 unspecified atom stereocenters. The molecule has 0 saturated carbocycles. The summed E-state index contributed by atoms with van der Waals surface area (Å²) >= 11 is 5.87. The number of hydrogen-bond donors (Lipinski definition) is 1. The van der Waals surface area contributed by atoms with Crippen molar-refractivity contribution < 1.29 is 0 Å². The van der Waals surface area contributed by atoms with Crippen molar-refractivity contribution in [2.75, 3.05) is 0 Å². The molecular formula is C8H4ClN5S2. The summed E-state index contributed by atoms with van der Waals surface area (Å²) in [5.41, 5.74) is 2.39. The number of nitrogens with zero attached hydrogens (tertiary/aromatic N) is 4. The number of nitrogens with one attached hydrogen (secondary N) is 1. The van der Waals surface area contributed by atoms with E-state index in [4.69, 9.17) is 11.6 Å². The standard InChI is InChI=1S/C8H4ClN5S2/c9-7-8(15-16-13-7)10-4-1-2-5-6(3-4)12-14-11-5/h1-3H,(H,11,12,14). The molecule has 3 aromatic rings. The molecule has 0 aliphatic rings. The van der Waals surface area contributed by atoms with Gasteiger partial charge in [-0.3, -0.25) is 0 Å². The second-order valence-corrected chi connectivity index (χ2v) is 5.14. The topological polar surface area (TPSA) is 66.8 Å². The molecule has 2 heterocycles. The number of aromatic nitrogens is 4. The summed E-state index contributed by atoms with van der Waals surface area (Å²) in [6.45, 7) is 0. The van der Waals surface area contributed by atoms with Gasteiger partial charge in [-0.05, 0) is 28.5 Å². The van der Waals surface area contributed by atoms with Crippen LogP contribution in [-0.4, -0.2) is 19.8 Å². The average Bonchev–Trinajstić information content (AvgIpc) is 2.88. The second kappa shape index (κ2) is 3.93. The molecule has 0 saturated heterocycles. The van der Waals surface area contributed by atoms with E-state index >= 15 is 0 Å². The van der Waals surface area contributed by atoms with Crippen LogP contribution in [-0.2, 0) is 0 Å². The maximum Gasteiger partial charge on any atom is 0.179 e.